The predicted octanol–water partition coefficient (Wildman–Crippen LogP) is 1.83. The monoisotopic (exact) mass is 243 g/mol. The van der Waals surface area contributed by atoms with Gasteiger partial charge in [0.05, 0.1) is 13.7 Å². The quantitative estimate of drug-likeness (QED) is 0.579. The summed E-state index contributed by atoms with van der Waals surface area (Å²) < 4.78 is 10.1. The first-order valence-corrected chi connectivity index (χ1v) is 6.57. The van der Waals surface area contributed by atoms with Gasteiger partial charge in [0.2, 0.25) is 0 Å². The van der Waals surface area contributed by atoms with E-state index >= 15 is 0 Å². The van der Waals surface area contributed by atoms with E-state index in [-0.39, 0.29) is 12.0 Å². The standard InChI is InChI=1S/C13H25NO3/c1-4-5-6-12(13(15)17-3)14(9-10-16-2)11-7-8-11/h11-12H,4-10H2,1-3H3. The molecule has 1 fully saturated rings. The molecular formula is C13H25NO3. The van der Waals surface area contributed by atoms with Crippen LogP contribution in [0.1, 0.15) is 39.0 Å². The van der Waals surface area contributed by atoms with Crippen LogP contribution >= 0.6 is 0 Å². The van der Waals surface area contributed by atoms with Crippen LogP contribution in [0.4, 0.5) is 0 Å². The average molecular weight is 243 g/mol. The molecule has 4 heteroatoms. The molecule has 1 saturated carbocycles. The minimum Gasteiger partial charge on any atom is -0.468 e. The van der Waals surface area contributed by atoms with Crippen molar-refractivity contribution in [3.63, 3.8) is 0 Å². The van der Waals surface area contributed by atoms with Gasteiger partial charge in [0.25, 0.3) is 0 Å². The van der Waals surface area contributed by atoms with Crippen molar-refractivity contribution in [3.05, 3.63) is 0 Å². The lowest BCUT2D eigenvalue weighted by Gasteiger charge is -2.29. The van der Waals surface area contributed by atoms with E-state index in [1.807, 2.05) is 0 Å². The van der Waals surface area contributed by atoms with Gasteiger partial charge in [-0.05, 0) is 19.3 Å². The molecule has 0 aliphatic heterocycles. The Bertz CT molecular complexity index is 229. The number of hydrogen-bond acceptors (Lipinski definition) is 4. The van der Waals surface area contributed by atoms with Crippen molar-refractivity contribution in [3.8, 4) is 0 Å². The Hall–Kier alpha value is -0.610. The fourth-order valence-electron chi connectivity index (χ4n) is 2.15. The zero-order valence-corrected chi connectivity index (χ0v) is 11.3. The van der Waals surface area contributed by atoms with Crippen LogP contribution in [0, 0.1) is 0 Å². The number of ether oxygens (including phenoxy) is 2. The van der Waals surface area contributed by atoms with Crippen LogP contribution in [-0.2, 0) is 14.3 Å². The van der Waals surface area contributed by atoms with Gasteiger partial charge in [-0.15, -0.1) is 0 Å². The number of rotatable bonds is 9. The topological polar surface area (TPSA) is 38.8 Å². The first-order valence-electron chi connectivity index (χ1n) is 6.57. The zero-order chi connectivity index (χ0) is 12.7. The summed E-state index contributed by atoms with van der Waals surface area (Å²) >= 11 is 0. The first kappa shape index (κ1) is 14.5. The minimum atomic E-state index is -0.0959. The summed E-state index contributed by atoms with van der Waals surface area (Å²) in [5, 5.41) is 0. The van der Waals surface area contributed by atoms with Crippen LogP contribution in [0.15, 0.2) is 0 Å². The number of hydrogen-bond donors (Lipinski definition) is 0. The van der Waals surface area contributed by atoms with E-state index in [0.29, 0.717) is 12.6 Å². The van der Waals surface area contributed by atoms with Crippen molar-refractivity contribution >= 4 is 5.97 Å². The second-order valence-electron chi connectivity index (χ2n) is 4.64. The molecular weight excluding hydrogens is 218 g/mol. The van der Waals surface area contributed by atoms with Crippen LogP contribution in [0.2, 0.25) is 0 Å². The summed E-state index contributed by atoms with van der Waals surface area (Å²) in [6, 6.07) is 0.480. The maximum atomic E-state index is 11.8. The van der Waals surface area contributed by atoms with Gasteiger partial charge in [-0.2, -0.15) is 0 Å². The third-order valence-electron chi connectivity index (χ3n) is 3.27. The van der Waals surface area contributed by atoms with Gasteiger partial charge >= 0.3 is 5.97 Å². The van der Waals surface area contributed by atoms with Crippen molar-refractivity contribution in [2.75, 3.05) is 27.4 Å². The van der Waals surface area contributed by atoms with E-state index in [1.165, 1.54) is 20.0 Å². The SMILES string of the molecule is CCCCC(C(=O)OC)N(CCOC)C1CC1. The minimum absolute atomic E-state index is 0.0809. The van der Waals surface area contributed by atoms with Crippen LogP contribution in [0.3, 0.4) is 0 Å². The van der Waals surface area contributed by atoms with E-state index in [9.17, 15) is 4.79 Å². The van der Waals surface area contributed by atoms with Crippen molar-refractivity contribution in [2.45, 2.75) is 51.1 Å². The van der Waals surface area contributed by atoms with Gasteiger partial charge < -0.3 is 9.47 Å². The van der Waals surface area contributed by atoms with E-state index in [1.54, 1.807) is 7.11 Å². The maximum absolute atomic E-state index is 11.8. The third-order valence-corrected chi connectivity index (χ3v) is 3.27. The van der Waals surface area contributed by atoms with Gasteiger partial charge in [0.1, 0.15) is 6.04 Å². The fourth-order valence-corrected chi connectivity index (χ4v) is 2.15. The Balaban J connectivity index is 2.58. The molecule has 0 N–H and O–H groups in total. The van der Waals surface area contributed by atoms with E-state index < -0.39 is 0 Å². The second kappa shape index (κ2) is 7.67. The van der Waals surface area contributed by atoms with Gasteiger partial charge in [0.15, 0.2) is 0 Å². The maximum Gasteiger partial charge on any atom is 0.323 e. The number of esters is 1. The predicted molar refractivity (Wildman–Crippen MR) is 66.9 cm³/mol. The number of carbonyl (C=O) groups excluding carboxylic acids is 1. The molecule has 0 amide bonds. The van der Waals surface area contributed by atoms with E-state index in [2.05, 4.69) is 11.8 Å². The van der Waals surface area contributed by atoms with Gasteiger partial charge in [-0.1, -0.05) is 19.8 Å². The summed E-state index contributed by atoms with van der Waals surface area (Å²) in [6.45, 7) is 3.64. The van der Waals surface area contributed by atoms with E-state index in [4.69, 9.17) is 9.47 Å². The molecule has 0 saturated heterocycles. The Morgan fingerprint density at radius 3 is 2.59 bits per heavy atom. The Morgan fingerprint density at radius 2 is 2.12 bits per heavy atom. The molecule has 0 spiro atoms. The number of carbonyl (C=O) groups is 1. The smallest absolute Gasteiger partial charge is 0.323 e. The van der Waals surface area contributed by atoms with Crippen LogP contribution in [0.25, 0.3) is 0 Å². The second-order valence-corrected chi connectivity index (χ2v) is 4.64. The lowest BCUT2D eigenvalue weighted by Crippen LogP contribution is -2.45. The molecule has 100 valence electrons. The highest BCUT2D eigenvalue weighted by Gasteiger charge is 2.37. The molecule has 0 aromatic heterocycles. The zero-order valence-electron chi connectivity index (χ0n) is 11.3. The highest BCUT2D eigenvalue weighted by atomic mass is 16.5. The van der Waals surface area contributed by atoms with E-state index in [0.717, 1.165) is 25.8 Å². The summed E-state index contributed by atoms with van der Waals surface area (Å²) in [7, 11) is 3.17. The first-order chi connectivity index (χ1) is 8.24. The summed E-state index contributed by atoms with van der Waals surface area (Å²) in [5.41, 5.74) is 0. The largest absolute Gasteiger partial charge is 0.468 e. The molecule has 0 aromatic carbocycles. The number of methoxy groups -OCH3 is 2. The molecule has 17 heavy (non-hydrogen) atoms. The molecule has 1 atom stereocenters. The normalized spacial score (nSPS) is 17.2. The molecule has 0 heterocycles. The molecule has 1 unspecified atom stereocenters. The lowest BCUT2D eigenvalue weighted by molar-refractivity contribution is -0.148. The Labute approximate surface area is 104 Å². The van der Waals surface area contributed by atoms with Gasteiger partial charge in [-0.3, -0.25) is 9.69 Å². The average Bonchev–Trinajstić information content (AvgIpc) is 3.16. The van der Waals surface area contributed by atoms with Gasteiger partial charge in [0, 0.05) is 19.7 Å². The van der Waals surface area contributed by atoms with Gasteiger partial charge in [-0.25, -0.2) is 0 Å². The molecule has 1 aliphatic rings. The van der Waals surface area contributed by atoms with Crippen molar-refractivity contribution in [2.24, 2.45) is 0 Å². The molecule has 0 bridgehead atoms. The highest BCUT2D eigenvalue weighted by molar-refractivity contribution is 5.75. The highest BCUT2D eigenvalue weighted by Crippen LogP contribution is 2.30. The van der Waals surface area contributed by atoms with Crippen molar-refractivity contribution < 1.29 is 14.3 Å². The number of unbranched alkanes of at least 4 members (excludes halogenated alkanes) is 1. The molecule has 1 aliphatic carbocycles. The Kier molecular flexibility index (Phi) is 6.52. The molecule has 0 aromatic rings. The third kappa shape index (κ3) is 4.64. The molecule has 0 radical (unpaired) electrons. The number of nitrogens with zero attached hydrogens (tertiary/aromatic N) is 1. The fraction of sp³-hybridized carbons (Fsp3) is 0.923. The Morgan fingerprint density at radius 1 is 1.41 bits per heavy atom. The molecule has 4 nitrogen and oxygen atoms in total. The summed E-state index contributed by atoms with van der Waals surface area (Å²) in [4.78, 5) is 14.1. The van der Waals surface area contributed by atoms with Crippen LogP contribution < -0.4 is 0 Å². The summed E-state index contributed by atoms with van der Waals surface area (Å²) in [6.07, 6.45) is 5.46. The summed E-state index contributed by atoms with van der Waals surface area (Å²) in [5.74, 6) is -0.0959. The lowest BCUT2D eigenvalue weighted by atomic mass is 10.1. The van der Waals surface area contributed by atoms with Crippen LogP contribution in [0.5, 0.6) is 0 Å². The van der Waals surface area contributed by atoms with Crippen molar-refractivity contribution in [1.82, 2.24) is 4.90 Å². The van der Waals surface area contributed by atoms with Crippen molar-refractivity contribution in [1.29, 1.82) is 0 Å². The molecule has 1 rings (SSSR count). The van der Waals surface area contributed by atoms with Crippen LogP contribution in [-0.4, -0.2) is 50.3 Å².